The van der Waals surface area contributed by atoms with Crippen LogP contribution in [0.1, 0.15) is 38.1 Å². The number of fused-ring (bicyclic) bond motifs is 1. The van der Waals surface area contributed by atoms with Gasteiger partial charge in [-0.25, -0.2) is 0 Å². The van der Waals surface area contributed by atoms with Crippen LogP contribution < -0.4 is 4.90 Å². The third-order valence-corrected chi connectivity index (χ3v) is 4.45. The third-order valence-electron chi connectivity index (χ3n) is 4.45. The zero-order chi connectivity index (χ0) is 15.0. The fourth-order valence-electron chi connectivity index (χ4n) is 3.59. The quantitative estimate of drug-likeness (QED) is 0.826. The molecule has 2 atom stereocenters. The molecule has 0 saturated carbocycles. The number of amides is 1. The van der Waals surface area contributed by atoms with E-state index in [-0.39, 0.29) is 11.9 Å². The summed E-state index contributed by atoms with van der Waals surface area (Å²) >= 11 is 0. The predicted molar refractivity (Wildman–Crippen MR) is 84.2 cm³/mol. The van der Waals surface area contributed by atoms with Gasteiger partial charge < -0.3 is 9.80 Å². The van der Waals surface area contributed by atoms with Crippen LogP contribution in [0.2, 0.25) is 0 Å². The highest BCUT2D eigenvalue weighted by atomic mass is 16.2. The molecule has 0 radical (unpaired) electrons. The van der Waals surface area contributed by atoms with Crippen LogP contribution in [0.25, 0.3) is 0 Å². The minimum Gasteiger partial charge on any atom is -0.369 e. The molecular weight excluding hydrogens is 248 g/mol. The zero-order valence-corrected chi connectivity index (χ0v) is 13.4. The lowest BCUT2D eigenvalue weighted by atomic mass is 9.87. The van der Waals surface area contributed by atoms with Gasteiger partial charge in [0.25, 0.3) is 5.91 Å². The molecule has 1 aromatic rings. The standard InChI is InChI=1S/C17H26N2O/c1-11(2)15-16(12(3)4)19(6)17(20)13-9-7-8-10-14(13)18(15)5/h7-12,15-16H,1-6H3. The fraction of sp³-hybridized carbons (Fsp3) is 0.588. The van der Waals surface area contributed by atoms with Gasteiger partial charge in [0.15, 0.2) is 0 Å². The van der Waals surface area contributed by atoms with Crippen LogP contribution in [-0.2, 0) is 0 Å². The molecule has 0 spiro atoms. The van der Waals surface area contributed by atoms with Crippen LogP contribution in [-0.4, -0.2) is 37.0 Å². The van der Waals surface area contributed by atoms with E-state index in [1.54, 1.807) is 0 Å². The van der Waals surface area contributed by atoms with Gasteiger partial charge in [-0.3, -0.25) is 4.79 Å². The van der Waals surface area contributed by atoms with Gasteiger partial charge in [-0.15, -0.1) is 0 Å². The second-order valence-corrected chi connectivity index (χ2v) is 6.51. The van der Waals surface area contributed by atoms with E-state index in [0.29, 0.717) is 17.9 Å². The van der Waals surface area contributed by atoms with Crippen LogP contribution in [0.3, 0.4) is 0 Å². The highest BCUT2D eigenvalue weighted by Crippen LogP contribution is 2.34. The molecule has 2 unspecified atom stereocenters. The van der Waals surface area contributed by atoms with E-state index < -0.39 is 0 Å². The Hall–Kier alpha value is -1.51. The molecule has 3 heteroatoms. The second kappa shape index (κ2) is 5.47. The fourth-order valence-corrected chi connectivity index (χ4v) is 3.59. The Labute approximate surface area is 122 Å². The number of rotatable bonds is 2. The van der Waals surface area contributed by atoms with Crippen molar-refractivity contribution in [2.75, 3.05) is 19.0 Å². The second-order valence-electron chi connectivity index (χ2n) is 6.51. The first-order chi connectivity index (χ1) is 9.36. The van der Waals surface area contributed by atoms with E-state index in [1.165, 1.54) is 0 Å². The summed E-state index contributed by atoms with van der Waals surface area (Å²) < 4.78 is 0. The molecule has 1 heterocycles. The summed E-state index contributed by atoms with van der Waals surface area (Å²) in [7, 11) is 4.06. The van der Waals surface area contributed by atoms with Gasteiger partial charge in [0.05, 0.1) is 17.6 Å². The summed E-state index contributed by atoms with van der Waals surface area (Å²) in [4.78, 5) is 17.0. The number of hydrogen-bond donors (Lipinski definition) is 0. The smallest absolute Gasteiger partial charge is 0.256 e. The van der Waals surface area contributed by atoms with Gasteiger partial charge in [-0.05, 0) is 24.0 Å². The van der Waals surface area contributed by atoms with Crippen LogP contribution in [0.5, 0.6) is 0 Å². The van der Waals surface area contributed by atoms with Crippen LogP contribution in [0.15, 0.2) is 24.3 Å². The first kappa shape index (κ1) is 14.9. The molecule has 1 aliphatic heterocycles. The van der Waals surface area contributed by atoms with Crippen molar-refractivity contribution in [1.82, 2.24) is 4.90 Å². The largest absolute Gasteiger partial charge is 0.369 e. The maximum Gasteiger partial charge on any atom is 0.256 e. The molecule has 0 N–H and O–H groups in total. The van der Waals surface area contributed by atoms with E-state index in [9.17, 15) is 4.79 Å². The first-order valence-electron chi connectivity index (χ1n) is 7.45. The van der Waals surface area contributed by atoms with Crippen molar-refractivity contribution >= 4 is 11.6 Å². The molecule has 0 aromatic heterocycles. The maximum absolute atomic E-state index is 12.8. The van der Waals surface area contributed by atoms with Crippen molar-refractivity contribution in [1.29, 1.82) is 0 Å². The van der Waals surface area contributed by atoms with Crippen molar-refractivity contribution in [3.63, 3.8) is 0 Å². The molecule has 1 amide bonds. The van der Waals surface area contributed by atoms with Crippen LogP contribution in [0.4, 0.5) is 5.69 Å². The number of likely N-dealkylation sites (N-methyl/N-ethyl adjacent to an activating group) is 2. The summed E-state index contributed by atoms with van der Waals surface area (Å²) in [5, 5.41) is 0. The first-order valence-corrected chi connectivity index (χ1v) is 7.45. The SMILES string of the molecule is CC(C)C1C(C(C)C)N(C)c2ccccc2C(=O)N1C. The van der Waals surface area contributed by atoms with Crippen molar-refractivity contribution in [2.24, 2.45) is 11.8 Å². The lowest BCUT2D eigenvalue weighted by molar-refractivity contribution is 0.0646. The Morgan fingerprint density at radius 1 is 0.900 bits per heavy atom. The average molecular weight is 274 g/mol. The molecule has 110 valence electrons. The predicted octanol–water partition coefficient (Wildman–Crippen LogP) is 3.26. The number of carbonyl (C=O) groups excluding carboxylic acids is 1. The topological polar surface area (TPSA) is 23.6 Å². The highest BCUT2D eigenvalue weighted by molar-refractivity contribution is 6.00. The maximum atomic E-state index is 12.8. The summed E-state index contributed by atoms with van der Waals surface area (Å²) in [6.45, 7) is 8.88. The normalized spacial score (nSPS) is 23.3. The molecule has 0 bridgehead atoms. The zero-order valence-electron chi connectivity index (χ0n) is 13.4. The molecule has 0 aliphatic carbocycles. The Morgan fingerprint density at radius 2 is 1.40 bits per heavy atom. The van der Waals surface area contributed by atoms with Gasteiger partial charge in [-0.2, -0.15) is 0 Å². The van der Waals surface area contributed by atoms with Crippen molar-refractivity contribution in [3.05, 3.63) is 29.8 Å². The number of hydrogen-bond acceptors (Lipinski definition) is 2. The van der Waals surface area contributed by atoms with Crippen LogP contribution in [0, 0.1) is 11.8 Å². The Kier molecular flexibility index (Phi) is 4.07. The molecule has 0 saturated heterocycles. The summed E-state index contributed by atoms with van der Waals surface area (Å²) in [6.07, 6.45) is 0. The molecule has 0 fully saturated rings. The van der Waals surface area contributed by atoms with Crippen LogP contribution >= 0.6 is 0 Å². The molecule has 1 aromatic carbocycles. The van der Waals surface area contributed by atoms with E-state index in [0.717, 1.165) is 11.3 Å². The molecular formula is C17H26N2O. The minimum atomic E-state index is 0.134. The molecule has 20 heavy (non-hydrogen) atoms. The Balaban J connectivity index is 2.60. The number of anilines is 1. The van der Waals surface area contributed by atoms with E-state index in [1.807, 2.05) is 30.1 Å². The van der Waals surface area contributed by atoms with Gasteiger partial charge in [0, 0.05) is 19.8 Å². The van der Waals surface area contributed by atoms with E-state index in [4.69, 9.17) is 0 Å². The van der Waals surface area contributed by atoms with Gasteiger partial charge >= 0.3 is 0 Å². The molecule has 1 aliphatic rings. The van der Waals surface area contributed by atoms with Crippen molar-refractivity contribution < 1.29 is 4.79 Å². The number of carbonyl (C=O) groups is 1. The number of nitrogens with zero attached hydrogens (tertiary/aromatic N) is 2. The van der Waals surface area contributed by atoms with E-state index in [2.05, 4.69) is 45.7 Å². The third kappa shape index (κ3) is 2.30. The monoisotopic (exact) mass is 274 g/mol. The molecule has 2 rings (SSSR count). The summed E-state index contributed by atoms with van der Waals surface area (Å²) in [5.74, 6) is 1.04. The van der Waals surface area contributed by atoms with E-state index >= 15 is 0 Å². The van der Waals surface area contributed by atoms with Gasteiger partial charge in [0.2, 0.25) is 0 Å². The molecule has 3 nitrogen and oxygen atoms in total. The van der Waals surface area contributed by atoms with Crippen molar-refractivity contribution in [3.8, 4) is 0 Å². The highest BCUT2D eigenvalue weighted by Gasteiger charge is 2.39. The average Bonchev–Trinajstić information content (AvgIpc) is 2.48. The lowest BCUT2D eigenvalue weighted by Gasteiger charge is -2.42. The number of benzene rings is 1. The Bertz CT molecular complexity index is 496. The summed E-state index contributed by atoms with van der Waals surface area (Å²) in [5.41, 5.74) is 1.86. The summed E-state index contributed by atoms with van der Waals surface area (Å²) in [6, 6.07) is 8.49. The van der Waals surface area contributed by atoms with Gasteiger partial charge in [-0.1, -0.05) is 39.8 Å². The van der Waals surface area contributed by atoms with Crippen molar-refractivity contribution in [2.45, 2.75) is 39.8 Å². The lowest BCUT2D eigenvalue weighted by Crippen LogP contribution is -2.54. The van der Waals surface area contributed by atoms with Gasteiger partial charge in [0.1, 0.15) is 0 Å². The number of para-hydroxylation sites is 1. The minimum absolute atomic E-state index is 0.134. The Morgan fingerprint density at radius 3 is 1.95 bits per heavy atom.